The van der Waals surface area contributed by atoms with Crippen LogP contribution >= 0.6 is 0 Å². The third-order valence-corrected chi connectivity index (χ3v) is 3.82. The van der Waals surface area contributed by atoms with Gasteiger partial charge in [0.25, 0.3) is 0 Å². The predicted octanol–water partition coefficient (Wildman–Crippen LogP) is 2.79. The molecule has 2 N–H and O–H groups in total. The molecule has 0 spiro atoms. The van der Waals surface area contributed by atoms with E-state index in [2.05, 4.69) is 24.5 Å². The Kier molecular flexibility index (Phi) is 4.02. The van der Waals surface area contributed by atoms with Crippen molar-refractivity contribution in [3.05, 3.63) is 30.3 Å². The van der Waals surface area contributed by atoms with Gasteiger partial charge in [-0.3, -0.25) is 4.79 Å². The largest absolute Gasteiger partial charge is 0.325 e. The average molecular weight is 246 g/mol. The molecule has 1 atom stereocenters. The van der Waals surface area contributed by atoms with Crippen LogP contribution in [-0.2, 0) is 4.79 Å². The van der Waals surface area contributed by atoms with Gasteiger partial charge in [0.15, 0.2) is 0 Å². The molecule has 1 aliphatic carbocycles. The van der Waals surface area contributed by atoms with Crippen LogP contribution in [0.2, 0.25) is 0 Å². The smallest absolute Gasteiger partial charge is 0.238 e. The highest BCUT2D eigenvalue weighted by Gasteiger charge is 2.34. The molecule has 1 amide bonds. The number of carbonyl (C=O) groups excluding carboxylic acids is 1. The number of nitrogens with one attached hydrogen (secondary N) is 2. The minimum Gasteiger partial charge on any atom is -0.325 e. The second-order valence-corrected chi connectivity index (χ2v) is 5.73. The normalized spacial score (nSPS) is 21.8. The Morgan fingerprint density at radius 2 is 2.06 bits per heavy atom. The van der Waals surface area contributed by atoms with Crippen molar-refractivity contribution < 1.29 is 4.79 Å². The lowest BCUT2D eigenvalue weighted by Crippen LogP contribution is -2.41. The van der Waals surface area contributed by atoms with Gasteiger partial charge in [0.05, 0.1) is 6.54 Å². The SMILES string of the molecule is CC1(C)CCCC1NCC(=O)Nc1ccccc1. The molecule has 1 aromatic rings. The van der Waals surface area contributed by atoms with E-state index in [0.717, 1.165) is 5.69 Å². The van der Waals surface area contributed by atoms with Gasteiger partial charge in [0.1, 0.15) is 0 Å². The summed E-state index contributed by atoms with van der Waals surface area (Å²) >= 11 is 0. The number of rotatable bonds is 4. The summed E-state index contributed by atoms with van der Waals surface area (Å²) in [6.07, 6.45) is 3.67. The number of hydrogen-bond donors (Lipinski definition) is 2. The number of amides is 1. The molecule has 18 heavy (non-hydrogen) atoms. The fourth-order valence-corrected chi connectivity index (χ4v) is 2.65. The van der Waals surface area contributed by atoms with E-state index in [1.165, 1.54) is 19.3 Å². The van der Waals surface area contributed by atoms with Gasteiger partial charge in [0, 0.05) is 11.7 Å². The molecule has 98 valence electrons. The maximum Gasteiger partial charge on any atom is 0.238 e. The minimum atomic E-state index is 0.0314. The summed E-state index contributed by atoms with van der Waals surface area (Å²) in [7, 11) is 0. The number of para-hydroxylation sites is 1. The lowest BCUT2D eigenvalue weighted by atomic mass is 9.87. The topological polar surface area (TPSA) is 41.1 Å². The molecule has 2 rings (SSSR count). The lowest BCUT2D eigenvalue weighted by Gasteiger charge is -2.27. The standard InChI is InChI=1S/C15H22N2O/c1-15(2)10-6-9-13(15)16-11-14(18)17-12-7-4-3-5-8-12/h3-5,7-8,13,16H,6,9-11H2,1-2H3,(H,17,18). The van der Waals surface area contributed by atoms with E-state index in [1.54, 1.807) is 0 Å². The zero-order chi connectivity index (χ0) is 13.0. The first-order valence-corrected chi connectivity index (χ1v) is 6.66. The highest BCUT2D eigenvalue weighted by atomic mass is 16.1. The molecular weight excluding hydrogens is 224 g/mol. The second-order valence-electron chi connectivity index (χ2n) is 5.73. The Morgan fingerprint density at radius 1 is 1.33 bits per heavy atom. The van der Waals surface area contributed by atoms with Crippen molar-refractivity contribution in [2.75, 3.05) is 11.9 Å². The highest BCUT2D eigenvalue weighted by molar-refractivity contribution is 5.92. The van der Waals surface area contributed by atoms with Crippen LogP contribution in [0.25, 0.3) is 0 Å². The Bertz CT molecular complexity index is 400. The van der Waals surface area contributed by atoms with Crippen LogP contribution in [0, 0.1) is 5.41 Å². The van der Waals surface area contributed by atoms with Gasteiger partial charge in [-0.15, -0.1) is 0 Å². The van der Waals surface area contributed by atoms with E-state index >= 15 is 0 Å². The van der Waals surface area contributed by atoms with E-state index in [9.17, 15) is 4.79 Å². The molecule has 0 bridgehead atoms. The molecule has 0 aromatic heterocycles. The van der Waals surface area contributed by atoms with Gasteiger partial charge in [0.2, 0.25) is 5.91 Å². The molecule has 0 radical (unpaired) electrons. The van der Waals surface area contributed by atoms with Crippen molar-refractivity contribution >= 4 is 11.6 Å². The van der Waals surface area contributed by atoms with Crippen LogP contribution in [0.1, 0.15) is 33.1 Å². The van der Waals surface area contributed by atoms with E-state index in [0.29, 0.717) is 18.0 Å². The van der Waals surface area contributed by atoms with Gasteiger partial charge in [-0.25, -0.2) is 0 Å². The lowest BCUT2D eigenvalue weighted by molar-refractivity contribution is -0.115. The van der Waals surface area contributed by atoms with Crippen LogP contribution in [0.4, 0.5) is 5.69 Å². The van der Waals surface area contributed by atoms with Gasteiger partial charge in [-0.2, -0.15) is 0 Å². The summed E-state index contributed by atoms with van der Waals surface area (Å²) in [6, 6.07) is 10.0. The molecule has 0 aliphatic heterocycles. The Morgan fingerprint density at radius 3 is 2.67 bits per heavy atom. The molecule has 1 aliphatic rings. The van der Waals surface area contributed by atoms with Crippen LogP contribution < -0.4 is 10.6 Å². The first-order chi connectivity index (χ1) is 8.58. The molecule has 1 aromatic carbocycles. The maximum atomic E-state index is 11.8. The highest BCUT2D eigenvalue weighted by Crippen LogP contribution is 2.36. The van der Waals surface area contributed by atoms with E-state index in [-0.39, 0.29) is 5.91 Å². The van der Waals surface area contributed by atoms with E-state index < -0.39 is 0 Å². The van der Waals surface area contributed by atoms with Crippen molar-refractivity contribution in [3.63, 3.8) is 0 Å². The van der Waals surface area contributed by atoms with Gasteiger partial charge in [-0.05, 0) is 30.4 Å². The molecule has 1 saturated carbocycles. The zero-order valence-electron chi connectivity index (χ0n) is 11.2. The number of hydrogen-bond acceptors (Lipinski definition) is 2. The van der Waals surface area contributed by atoms with Crippen molar-refractivity contribution in [2.24, 2.45) is 5.41 Å². The maximum absolute atomic E-state index is 11.8. The summed E-state index contributed by atoms with van der Waals surface area (Å²) in [4.78, 5) is 11.8. The molecule has 3 nitrogen and oxygen atoms in total. The molecule has 0 saturated heterocycles. The summed E-state index contributed by atoms with van der Waals surface area (Å²) in [5.74, 6) is 0.0314. The van der Waals surface area contributed by atoms with E-state index in [1.807, 2.05) is 30.3 Å². The average Bonchev–Trinajstić information content (AvgIpc) is 2.67. The molecule has 1 unspecified atom stereocenters. The summed E-state index contributed by atoms with van der Waals surface area (Å²) in [5, 5.41) is 6.27. The first kappa shape index (κ1) is 13.1. The zero-order valence-corrected chi connectivity index (χ0v) is 11.2. The van der Waals surface area contributed by atoms with Crippen molar-refractivity contribution in [1.29, 1.82) is 0 Å². The quantitative estimate of drug-likeness (QED) is 0.857. The molecule has 3 heteroatoms. The Labute approximate surface area is 109 Å². The molecule has 0 heterocycles. The van der Waals surface area contributed by atoms with Crippen molar-refractivity contribution in [3.8, 4) is 0 Å². The minimum absolute atomic E-state index is 0.0314. The van der Waals surface area contributed by atoms with Crippen LogP contribution in [-0.4, -0.2) is 18.5 Å². The Hall–Kier alpha value is -1.35. The fraction of sp³-hybridized carbons (Fsp3) is 0.533. The number of benzene rings is 1. The van der Waals surface area contributed by atoms with Crippen molar-refractivity contribution in [1.82, 2.24) is 5.32 Å². The second kappa shape index (κ2) is 5.53. The third-order valence-electron chi connectivity index (χ3n) is 3.82. The van der Waals surface area contributed by atoms with Gasteiger partial charge >= 0.3 is 0 Å². The fourth-order valence-electron chi connectivity index (χ4n) is 2.65. The van der Waals surface area contributed by atoms with Crippen LogP contribution in [0.3, 0.4) is 0 Å². The summed E-state index contributed by atoms with van der Waals surface area (Å²) in [5.41, 5.74) is 1.17. The Balaban J connectivity index is 1.79. The van der Waals surface area contributed by atoms with E-state index in [4.69, 9.17) is 0 Å². The number of carbonyl (C=O) groups is 1. The van der Waals surface area contributed by atoms with Crippen molar-refractivity contribution in [2.45, 2.75) is 39.2 Å². The van der Waals surface area contributed by atoms with Crippen LogP contribution in [0.15, 0.2) is 30.3 Å². The van der Waals surface area contributed by atoms with Gasteiger partial charge in [-0.1, -0.05) is 38.5 Å². The first-order valence-electron chi connectivity index (χ1n) is 6.66. The molecular formula is C15H22N2O. The van der Waals surface area contributed by atoms with Crippen LogP contribution in [0.5, 0.6) is 0 Å². The monoisotopic (exact) mass is 246 g/mol. The third kappa shape index (κ3) is 3.33. The summed E-state index contributed by atoms with van der Waals surface area (Å²) < 4.78 is 0. The van der Waals surface area contributed by atoms with Gasteiger partial charge < -0.3 is 10.6 Å². The summed E-state index contributed by atoms with van der Waals surface area (Å²) in [6.45, 7) is 4.93. The number of anilines is 1. The predicted molar refractivity (Wildman–Crippen MR) is 74.5 cm³/mol. The molecule has 1 fully saturated rings.